The van der Waals surface area contributed by atoms with Crippen LogP contribution < -0.4 is 0 Å². The fourth-order valence-corrected chi connectivity index (χ4v) is 2.62. The van der Waals surface area contributed by atoms with Crippen LogP contribution in [0.1, 0.15) is 47.5 Å². The van der Waals surface area contributed by atoms with Gasteiger partial charge in [0.2, 0.25) is 0 Å². The van der Waals surface area contributed by atoms with Crippen LogP contribution in [0.2, 0.25) is 0 Å². The van der Waals surface area contributed by atoms with Gasteiger partial charge in [-0.05, 0) is 45.6 Å². The van der Waals surface area contributed by atoms with E-state index in [0.29, 0.717) is 13.2 Å². The molecule has 0 aromatic heterocycles. The predicted octanol–water partition coefficient (Wildman–Crippen LogP) is 2.18. The molecule has 1 aliphatic heterocycles. The molecule has 2 atom stereocenters. The lowest BCUT2D eigenvalue weighted by Gasteiger charge is -2.43. The smallest absolute Gasteiger partial charge is 0.103 e. The maximum atomic E-state index is 10.1. The Labute approximate surface area is 117 Å². The van der Waals surface area contributed by atoms with E-state index in [9.17, 15) is 10.4 Å². The molecular formula is C15H28N2O2. The fourth-order valence-electron chi connectivity index (χ4n) is 2.62. The topological polar surface area (TPSA) is 56.5 Å². The Morgan fingerprint density at radius 1 is 1.47 bits per heavy atom. The van der Waals surface area contributed by atoms with Crippen LogP contribution in [0.5, 0.6) is 0 Å². The summed E-state index contributed by atoms with van der Waals surface area (Å²) < 4.78 is 5.59. The third-order valence-corrected chi connectivity index (χ3v) is 3.65. The first kappa shape index (κ1) is 16.4. The summed E-state index contributed by atoms with van der Waals surface area (Å²) in [4.78, 5) is 2.10. The minimum atomic E-state index is -0.538. The largest absolute Gasteiger partial charge is 0.389 e. The van der Waals surface area contributed by atoms with E-state index in [0.717, 1.165) is 19.4 Å². The Balaban J connectivity index is 2.53. The van der Waals surface area contributed by atoms with E-state index in [-0.39, 0.29) is 17.1 Å². The molecular weight excluding hydrogens is 240 g/mol. The minimum Gasteiger partial charge on any atom is -0.389 e. The summed E-state index contributed by atoms with van der Waals surface area (Å²) in [5, 5.41) is 19.4. The van der Waals surface area contributed by atoms with Gasteiger partial charge in [0.15, 0.2) is 0 Å². The van der Waals surface area contributed by atoms with Crippen LogP contribution >= 0.6 is 0 Å². The number of aliphatic hydroxyl groups excluding tert-OH is 1. The normalized spacial score (nSPS) is 25.8. The van der Waals surface area contributed by atoms with E-state index < -0.39 is 6.10 Å². The van der Waals surface area contributed by atoms with Gasteiger partial charge in [0.1, 0.15) is 6.04 Å². The lowest BCUT2D eigenvalue weighted by molar-refractivity contribution is -0.0644. The van der Waals surface area contributed by atoms with Crippen LogP contribution in [0.3, 0.4) is 0 Å². The molecule has 4 heteroatoms. The molecule has 4 nitrogen and oxygen atoms in total. The molecule has 1 aliphatic rings. The number of piperidine rings is 1. The second kappa shape index (κ2) is 6.21. The van der Waals surface area contributed by atoms with E-state index in [1.165, 1.54) is 0 Å². The number of aliphatic hydroxyl groups is 1. The quantitative estimate of drug-likeness (QED) is 0.849. The zero-order valence-corrected chi connectivity index (χ0v) is 12.9. The molecule has 0 unspecified atom stereocenters. The van der Waals surface area contributed by atoms with Crippen LogP contribution in [0.15, 0.2) is 0 Å². The molecule has 1 fully saturated rings. The van der Waals surface area contributed by atoms with Crippen LogP contribution in [0, 0.1) is 16.7 Å². The first-order valence-corrected chi connectivity index (χ1v) is 7.11. The summed E-state index contributed by atoms with van der Waals surface area (Å²) in [6, 6.07) is 2.28. The molecule has 1 saturated heterocycles. The third-order valence-electron chi connectivity index (χ3n) is 3.65. The van der Waals surface area contributed by atoms with Crippen molar-refractivity contribution in [1.82, 2.24) is 4.90 Å². The van der Waals surface area contributed by atoms with Gasteiger partial charge < -0.3 is 9.84 Å². The molecule has 110 valence electrons. The van der Waals surface area contributed by atoms with Gasteiger partial charge in [0.05, 0.1) is 24.4 Å². The van der Waals surface area contributed by atoms with Crippen molar-refractivity contribution in [2.24, 2.45) is 5.41 Å². The van der Waals surface area contributed by atoms with Gasteiger partial charge in [-0.2, -0.15) is 5.26 Å². The summed E-state index contributed by atoms with van der Waals surface area (Å²) in [6.45, 7) is 11.9. The summed E-state index contributed by atoms with van der Waals surface area (Å²) >= 11 is 0. The maximum Gasteiger partial charge on any atom is 0.103 e. The Hall–Kier alpha value is -0.630. The van der Waals surface area contributed by atoms with Gasteiger partial charge in [-0.25, -0.2) is 0 Å². The fraction of sp³-hybridized carbons (Fsp3) is 0.933. The van der Waals surface area contributed by atoms with Crippen molar-refractivity contribution < 1.29 is 9.84 Å². The van der Waals surface area contributed by atoms with Gasteiger partial charge in [-0.1, -0.05) is 13.8 Å². The Morgan fingerprint density at radius 3 is 2.63 bits per heavy atom. The second-order valence-electron chi connectivity index (χ2n) is 7.20. The Bertz CT molecular complexity index is 328. The summed E-state index contributed by atoms with van der Waals surface area (Å²) in [5.41, 5.74) is -0.242. The first-order chi connectivity index (χ1) is 8.65. The van der Waals surface area contributed by atoms with Crippen molar-refractivity contribution in [3.63, 3.8) is 0 Å². The average molecular weight is 268 g/mol. The highest BCUT2D eigenvalue weighted by molar-refractivity contribution is 5.04. The zero-order chi connectivity index (χ0) is 14.7. The number of hydrogen-bond acceptors (Lipinski definition) is 4. The molecule has 0 aromatic rings. The molecule has 0 radical (unpaired) electrons. The SMILES string of the molecule is CC(C)(C)OC[C@@H](O)CN1CCCC(C)(C)[C@H]1C#N. The standard InChI is InChI=1S/C15H28N2O2/c1-14(2,3)19-11-12(18)10-17-8-6-7-15(4,5)13(17)9-16/h12-13,18H,6-8,10-11H2,1-5H3/t12-,13+/m0/s1. The van der Waals surface area contributed by atoms with Gasteiger partial charge in [0.25, 0.3) is 0 Å². The monoisotopic (exact) mass is 268 g/mol. The predicted molar refractivity (Wildman–Crippen MR) is 75.7 cm³/mol. The van der Waals surface area contributed by atoms with Crippen molar-refractivity contribution in [3.05, 3.63) is 0 Å². The Morgan fingerprint density at radius 2 is 2.11 bits per heavy atom. The molecule has 0 amide bonds. The van der Waals surface area contributed by atoms with Crippen LogP contribution in [0.25, 0.3) is 0 Å². The van der Waals surface area contributed by atoms with Crippen molar-refractivity contribution in [2.75, 3.05) is 19.7 Å². The molecule has 0 spiro atoms. The minimum absolute atomic E-state index is 0.00238. The molecule has 0 aliphatic carbocycles. The number of ether oxygens (including phenoxy) is 1. The first-order valence-electron chi connectivity index (χ1n) is 7.11. The van der Waals surface area contributed by atoms with Crippen LogP contribution in [-0.2, 0) is 4.74 Å². The second-order valence-corrected chi connectivity index (χ2v) is 7.20. The number of rotatable bonds is 4. The number of nitriles is 1. The Kier molecular flexibility index (Phi) is 5.37. The summed E-state index contributed by atoms with van der Waals surface area (Å²) in [5.74, 6) is 0. The molecule has 1 N–H and O–H groups in total. The van der Waals surface area contributed by atoms with E-state index >= 15 is 0 Å². The van der Waals surface area contributed by atoms with Crippen molar-refractivity contribution in [1.29, 1.82) is 5.26 Å². The van der Waals surface area contributed by atoms with E-state index in [4.69, 9.17) is 4.74 Å². The van der Waals surface area contributed by atoms with Gasteiger partial charge in [-0.15, -0.1) is 0 Å². The van der Waals surface area contributed by atoms with E-state index in [2.05, 4.69) is 24.8 Å². The van der Waals surface area contributed by atoms with E-state index in [1.807, 2.05) is 20.8 Å². The summed E-state index contributed by atoms with van der Waals surface area (Å²) in [6.07, 6.45) is 1.61. The lowest BCUT2D eigenvalue weighted by Crippen LogP contribution is -2.52. The van der Waals surface area contributed by atoms with Gasteiger partial charge >= 0.3 is 0 Å². The molecule has 1 heterocycles. The average Bonchev–Trinajstić information content (AvgIpc) is 2.24. The number of nitrogens with zero attached hydrogens (tertiary/aromatic N) is 2. The number of likely N-dealkylation sites (tertiary alicyclic amines) is 1. The van der Waals surface area contributed by atoms with Crippen molar-refractivity contribution >= 4 is 0 Å². The van der Waals surface area contributed by atoms with Gasteiger partial charge in [-0.3, -0.25) is 4.90 Å². The molecule has 19 heavy (non-hydrogen) atoms. The maximum absolute atomic E-state index is 10.1. The third kappa shape index (κ3) is 5.10. The number of β-amino-alcohol motifs (C(OH)–C–C–N with tert-alkyl or cyclic N) is 1. The number of hydrogen-bond donors (Lipinski definition) is 1. The van der Waals surface area contributed by atoms with Crippen molar-refractivity contribution in [3.8, 4) is 6.07 Å². The zero-order valence-electron chi connectivity index (χ0n) is 12.9. The highest BCUT2D eigenvalue weighted by Crippen LogP contribution is 2.34. The van der Waals surface area contributed by atoms with Crippen molar-refractivity contribution in [2.45, 2.75) is 65.2 Å². The van der Waals surface area contributed by atoms with Gasteiger partial charge in [0, 0.05) is 6.54 Å². The van der Waals surface area contributed by atoms with Crippen LogP contribution in [-0.4, -0.2) is 47.4 Å². The molecule has 1 rings (SSSR count). The molecule has 0 bridgehead atoms. The van der Waals surface area contributed by atoms with E-state index in [1.54, 1.807) is 0 Å². The summed E-state index contributed by atoms with van der Waals surface area (Å²) in [7, 11) is 0. The highest BCUT2D eigenvalue weighted by atomic mass is 16.5. The highest BCUT2D eigenvalue weighted by Gasteiger charge is 2.38. The molecule has 0 saturated carbocycles. The van der Waals surface area contributed by atoms with Crippen LogP contribution in [0.4, 0.5) is 0 Å². The molecule has 0 aromatic carbocycles. The lowest BCUT2D eigenvalue weighted by atomic mass is 9.77.